The topological polar surface area (TPSA) is 52.5 Å². The summed E-state index contributed by atoms with van der Waals surface area (Å²) in [7, 11) is 0. The Bertz CT molecular complexity index is 832. The molecule has 5 rings (SSSR count). The summed E-state index contributed by atoms with van der Waals surface area (Å²) in [5, 5.41) is 20.6. The molecule has 1 N–H and O–H groups in total. The van der Waals surface area contributed by atoms with Gasteiger partial charge in [-0.25, -0.2) is 0 Å². The van der Waals surface area contributed by atoms with Crippen molar-refractivity contribution in [1.82, 2.24) is 15.1 Å². The first kappa shape index (κ1) is 22.3. The van der Waals surface area contributed by atoms with Crippen LogP contribution < -0.4 is 4.90 Å². The molecule has 2 aromatic rings. The maximum atomic E-state index is 9.37. The summed E-state index contributed by atoms with van der Waals surface area (Å²) in [6, 6.07) is 8.96. The molecule has 0 spiro atoms. The van der Waals surface area contributed by atoms with E-state index < -0.39 is 0 Å². The summed E-state index contributed by atoms with van der Waals surface area (Å²) in [5.74, 6) is 1.95. The first-order valence-corrected chi connectivity index (χ1v) is 13.6. The molecule has 1 aromatic carbocycles. The van der Waals surface area contributed by atoms with Gasteiger partial charge in [0.15, 0.2) is 0 Å². The molecular formula is C26H38N4OS. The third-order valence-electron chi connectivity index (χ3n) is 7.99. The molecule has 3 aliphatic rings. The predicted octanol–water partition coefficient (Wildman–Crippen LogP) is 5.17. The minimum Gasteiger partial charge on any atom is -0.396 e. The molecule has 5 nitrogen and oxygen atoms in total. The molecule has 1 aromatic heterocycles. The molecule has 1 saturated heterocycles. The van der Waals surface area contributed by atoms with Gasteiger partial charge in [-0.05, 0) is 74.6 Å². The second-order valence-corrected chi connectivity index (χ2v) is 11.2. The van der Waals surface area contributed by atoms with Gasteiger partial charge in [0.1, 0.15) is 10.0 Å². The first-order chi connectivity index (χ1) is 15.8. The van der Waals surface area contributed by atoms with Crippen molar-refractivity contribution in [3.8, 4) is 10.6 Å². The zero-order valence-electron chi connectivity index (χ0n) is 19.3. The van der Waals surface area contributed by atoms with E-state index in [1.165, 1.54) is 68.0 Å². The largest absolute Gasteiger partial charge is 0.396 e. The molecule has 0 atom stereocenters. The van der Waals surface area contributed by atoms with Crippen molar-refractivity contribution in [2.75, 3.05) is 44.2 Å². The van der Waals surface area contributed by atoms with Crippen LogP contribution in [-0.4, -0.2) is 59.5 Å². The van der Waals surface area contributed by atoms with E-state index in [-0.39, 0.29) is 0 Å². The fraction of sp³-hybridized carbons (Fsp3) is 0.692. The first-order valence-electron chi connectivity index (χ1n) is 12.8. The summed E-state index contributed by atoms with van der Waals surface area (Å²) < 4.78 is 0. The monoisotopic (exact) mass is 454 g/mol. The van der Waals surface area contributed by atoms with Crippen LogP contribution in [0, 0.1) is 11.8 Å². The van der Waals surface area contributed by atoms with Crippen LogP contribution >= 0.6 is 11.3 Å². The van der Waals surface area contributed by atoms with Gasteiger partial charge in [-0.15, -0.1) is 10.2 Å². The molecule has 2 heterocycles. The van der Waals surface area contributed by atoms with Gasteiger partial charge in [0.2, 0.25) is 0 Å². The van der Waals surface area contributed by atoms with Crippen LogP contribution in [0.5, 0.6) is 0 Å². The van der Waals surface area contributed by atoms with E-state index in [0.29, 0.717) is 18.4 Å². The van der Waals surface area contributed by atoms with Crippen molar-refractivity contribution in [2.24, 2.45) is 11.8 Å². The van der Waals surface area contributed by atoms with E-state index in [1.807, 2.05) is 0 Å². The number of hydrogen-bond donors (Lipinski definition) is 1. The van der Waals surface area contributed by atoms with E-state index in [2.05, 4.69) is 44.3 Å². The maximum Gasteiger partial charge on any atom is 0.147 e. The van der Waals surface area contributed by atoms with Gasteiger partial charge in [-0.3, -0.25) is 4.90 Å². The van der Waals surface area contributed by atoms with Gasteiger partial charge in [-0.2, -0.15) is 0 Å². The van der Waals surface area contributed by atoms with E-state index in [9.17, 15) is 5.11 Å². The summed E-state index contributed by atoms with van der Waals surface area (Å²) in [5.41, 5.74) is 2.51. The molecule has 0 radical (unpaired) electrons. The van der Waals surface area contributed by atoms with Crippen LogP contribution in [0.15, 0.2) is 24.3 Å². The highest BCUT2D eigenvalue weighted by molar-refractivity contribution is 7.14. The summed E-state index contributed by atoms with van der Waals surface area (Å²) >= 11 is 1.75. The van der Waals surface area contributed by atoms with Gasteiger partial charge >= 0.3 is 0 Å². The maximum absolute atomic E-state index is 9.37. The van der Waals surface area contributed by atoms with E-state index in [1.54, 1.807) is 11.3 Å². The number of piperazine rings is 1. The minimum absolute atomic E-state index is 0.329. The van der Waals surface area contributed by atoms with Crippen LogP contribution in [0.1, 0.15) is 68.7 Å². The number of hydrogen-bond acceptors (Lipinski definition) is 6. The standard InChI is InChI=1S/C26H38N4OS/c31-19-21-6-8-22(9-7-21)25-27-28-26(32-25)23-10-12-24(13-11-23)30-16-14-29(15-17-30)18-20-4-2-1-3-5-20/h10-13,20-22,31H,1-9,14-19H2/t21-,22-. The van der Waals surface area contributed by atoms with Gasteiger partial charge < -0.3 is 10.0 Å². The number of nitrogens with zero attached hydrogens (tertiary/aromatic N) is 4. The molecule has 6 heteroatoms. The molecule has 0 amide bonds. The van der Waals surface area contributed by atoms with E-state index in [0.717, 1.165) is 49.7 Å². The van der Waals surface area contributed by atoms with E-state index >= 15 is 0 Å². The fourth-order valence-electron chi connectivity index (χ4n) is 5.85. The molecular weight excluding hydrogens is 416 g/mol. The molecule has 174 valence electrons. The zero-order chi connectivity index (χ0) is 21.8. The van der Waals surface area contributed by atoms with Crippen molar-refractivity contribution in [3.63, 3.8) is 0 Å². The second-order valence-electron chi connectivity index (χ2n) is 10.2. The smallest absolute Gasteiger partial charge is 0.147 e. The highest BCUT2D eigenvalue weighted by Crippen LogP contribution is 2.38. The van der Waals surface area contributed by atoms with Gasteiger partial charge in [0.25, 0.3) is 0 Å². The van der Waals surface area contributed by atoms with Crippen LogP contribution in [-0.2, 0) is 0 Å². The number of aliphatic hydroxyl groups is 1. The Kier molecular flexibility index (Phi) is 7.40. The second kappa shape index (κ2) is 10.6. The number of aromatic nitrogens is 2. The van der Waals surface area contributed by atoms with Crippen LogP contribution in [0.25, 0.3) is 10.6 Å². The van der Waals surface area contributed by atoms with Crippen molar-refractivity contribution in [2.45, 2.75) is 63.7 Å². The highest BCUT2D eigenvalue weighted by atomic mass is 32.1. The molecule has 2 saturated carbocycles. The fourth-order valence-corrected chi connectivity index (χ4v) is 6.86. The Balaban J connectivity index is 1.14. The third kappa shape index (κ3) is 5.35. The normalized spacial score (nSPS) is 25.8. The van der Waals surface area contributed by atoms with Crippen LogP contribution in [0.3, 0.4) is 0 Å². The van der Waals surface area contributed by atoms with Crippen LogP contribution in [0.2, 0.25) is 0 Å². The molecule has 1 aliphatic heterocycles. The lowest BCUT2D eigenvalue weighted by Crippen LogP contribution is -2.48. The summed E-state index contributed by atoms with van der Waals surface area (Å²) in [6.45, 7) is 6.29. The molecule has 2 aliphatic carbocycles. The van der Waals surface area contributed by atoms with Crippen molar-refractivity contribution in [3.05, 3.63) is 29.3 Å². The summed E-state index contributed by atoms with van der Waals surface area (Å²) in [6.07, 6.45) is 11.7. The SMILES string of the molecule is OC[C@H]1CC[C@H](c2nnc(-c3ccc(N4CCN(CC5CCCCC5)CC4)cc3)s2)CC1. The lowest BCUT2D eigenvalue weighted by atomic mass is 9.83. The Hall–Kier alpha value is -1.50. The molecule has 0 unspecified atom stereocenters. The Labute approximate surface area is 196 Å². The molecule has 32 heavy (non-hydrogen) atoms. The Morgan fingerprint density at radius 2 is 1.53 bits per heavy atom. The van der Waals surface area contributed by atoms with Crippen molar-refractivity contribution in [1.29, 1.82) is 0 Å². The highest BCUT2D eigenvalue weighted by Gasteiger charge is 2.25. The quantitative estimate of drug-likeness (QED) is 0.652. The lowest BCUT2D eigenvalue weighted by Gasteiger charge is -2.38. The zero-order valence-corrected chi connectivity index (χ0v) is 20.1. The Morgan fingerprint density at radius 3 is 2.22 bits per heavy atom. The van der Waals surface area contributed by atoms with Gasteiger partial charge in [-0.1, -0.05) is 30.6 Å². The number of aliphatic hydroxyl groups excluding tert-OH is 1. The number of benzene rings is 1. The average Bonchev–Trinajstić information content (AvgIpc) is 3.36. The number of rotatable bonds is 6. The Morgan fingerprint density at radius 1 is 0.812 bits per heavy atom. The van der Waals surface area contributed by atoms with E-state index in [4.69, 9.17) is 0 Å². The van der Waals surface area contributed by atoms with Gasteiger partial charge in [0, 0.05) is 56.5 Å². The summed E-state index contributed by atoms with van der Waals surface area (Å²) in [4.78, 5) is 5.23. The van der Waals surface area contributed by atoms with Crippen molar-refractivity contribution < 1.29 is 5.11 Å². The minimum atomic E-state index is 0.329. The van der Waals surface area contributed by atoms with Gasteiger partial charge in [0.05, 0.1) is 0 Å². The molecule has 0 bridgehead atoms. The number of anilines is 1. The average molecular weight is 455 g/mol. The molecule has 3 fully saturated rings. The lowest BCUT2D eigenvalue weighted by molar-refractivity contribution is 0.182. The predicted molar refractivity (Wildman–Crippen MR) is 132 cm³/mol. The van der Waals surface area contributed by atoms with Crippen molar-refractivity contribution >= 4 is 17.0 Å². The van der Waals surface area contributed by atoms with Crippen LogP contribution in [0.4, 0.5) is 5.69 Å². The third-order valence-corrected chi connectivity index (χ3v) is 9.12.